The number of benzene rings is 1. The minimum absolute atomic E-state index is 0.501. The average Bonchev–Trinajstić information content (AvgIpc) is 2.89. The second-order valence-electron chi connectivity index (χ2n) is 3.16. The summed E-state index contributed by atoms with van der Waals surface area (Å²) in [6, 6.07) is 5.01. The van der Waals surface area contributed by atoms with Crippen molar-refractivity contribution in [3.05, 3.63) is 35.1 Å². The van der Waals surface area contributed by atoms with Crippen molar-refractivity contribution in [1.82, 2.24) is 20.2 Å². The highest BCUT2D eigenvalue weighted by Crippen LogP contribution is 2.17. The monoisotopic (exact) mass is 262 g/mol. The molecule has 1 aromatic heterocycles. The predicted molar refractivity (Wildman–Crippen MR) is 63.1 cm³/mol. The molecule has 0 aliphatic carbocycles. The summed E-state index contributed by atoms with van der Waals surface area (Å²) >= 11 is 5.88. The molecule has 0 bridgehead atoms. The van der Waals surface area contributed by atoms with Crippen molar-refractivity contribution in [2.75, 3.05) is 7.11 Å². The maximum Gasteiger partial charge on any atom is 0.384 e. The Morgan fingerprint density at radius 1 is 1.50 bits per heavy atom. The Morgan fingerprint density at radius 2 is 2.33 bits per heavy atom. The lowest BCUT2D eigenvalue weighted by Crippen LogP contribution is -1.99. The molecule has 90 valence electrons. The minimum atomic E-state index is -0.627. The van der Waals surface area contributed by atoms with Crippen LogP contribution >= 0.6 is 11.6 Å². The van der Waals surface area contributed by atoms with E-state index in [0.29, 0.717) is 16.3 Å². The minimum Gasteiger partial charge on any atom is -0.459 e. The number of halogens is 1. The van der Waals surface area contributed by atoms with Gasteiger partial charge in [0.2, 0.25) is 0 Å². The smallest absolute Gasteiger partial charge is 0.384 e. The van der Waals surface area contributed by atoms with E-state index in [1.807, 2.05) is 0 Å². The lowest BCUT2D eigenvalue weighted by atomic mass is 10.2. The molecule has 0 saturated heterocycles. The summed E-state index contributed by atoms with van der Waals surface area (Å²) in [7, 11) is 1.26. The maximum absolute atomic E-state index is 11.0. The van der Waals surface area contributed by atoms with Crippen LogP contribution in [-0.4, -0.2) is 33.3 Å². The number of carbonyl (C=O) groups is 1. The van der Waals surface area contributed by atoms with Gasteiger partial charge in [0.15, 0.2) is 0 Å². The lowest BCUT2D eigenvalue weighted by Gasteiger charge is -2.02. The van der Waals surface area contributed by atoms with Crippen LogP contribution in [0.4, 0.5) is 0 Å². The molecule has 0 spiro atoms. The Bertz CT molecular complexity index is 628. The van der Waals surface area contributed by atoms with Crippen LogP contribution in [0.2, 0.25) is 5.02 Å². The van der Waals surface area contributed by atoms with Crippen LogP contribution in [0.5, 0.6) is 0 Å². The standard InChI is InChI=1S/C11H7ClN4O2/c1-18-11(17)5-2-8-6-9(12)3-4-10(8)16-7-13-14-15-16/h3-4,6-7H,1H3. The molecule has 1 heterocycles. The summed E-state index contributed by atoms with van der Waals surface area (Å²) in [6.07, 6.45) is 1.42. The molecule has 0 radical (unpaired) electrons. The van der Waals surface area contributed by atoms with Gasteiger partial charge in [-0.1, -0.05) is 17.5 Å². The van der Waals surface area contributed by atoms with Gasteiger partial charge in [0, 0.05) is 10.9 Å². The zero-order valence-corrected chi connectivity index (χ0v) is 10.0. The van der Waals surface area contributed by atoms with E-state index in [9.17, 15) is 4.79 Å². The van der Waals surface area contributed by atoms with E-state index in [1.165, 1.54) is 18.1 Å². The van der Waals surface area contributed by atoms with Gasteiger partial charge < -0.3 is 4.74 Å². The zero-order valence-electron chi connectivity index (χ0n) is 9.29. The Hall–Kier alpha value is -2.39. The Balaban J connectivity index is 2.47. The van der Waals surface area contributed by atoms with E-state index >= 15 is 0 Å². The summed E-state index contributed by atoms with van der Waals surface area (Å²) in [5.41, 5.74) is 1.15. The van der Waals surface area contributed by atoms with Crippen molar-refractivity contribution in [3.8, 4) is 17.5 Å². The third-order valence-electron chi connectivity index (χ3n) is 2.04. The van der Waals surface area contributed by atoms with Crippen molar-refractivity contribution < 1.29 is 9.53 Å². The van der Waals surface area contributed by atoms with Gasteiger partial charge in [-0.15, -0.1) is 5.10 Å². The molecule has 1 aromatic carbocycles. The third kappa shape index (κ3) is 2.64. The van der Waals surface area contributed by atoms with Crippen LogP contribution in [-0.2, 0) is 9.53 Å². The summed E-state index contributed by atoms with van der Waals surface area (Å²) < 4.78 is 5.87. The van der Waals surface area contributed by atoms with Crippen molar-refractivity contribution in [2.24, 2.45) is 0 Å². The number of ether oxygens (including phenoxy) is 1. The van der Waals surface area contributed by atoms with E-state index in [1.54, 1.807) is 18.2 Å². The van der Waals surface area contributed by atoms with Gasteiger partial charge in [0.25, 0.3) is 0 Å². The van der Waals surface area contributed by atoms with Crippen molar-refractivity contribution >= 4 is 17.6 Å². The van der Waals surface area contributed by atoms with Crippen LogP contribution in [0, 0.1) is 11.8 Å². The summed E-state index contributed by atoms with van der Waals surface area (Å²) in [4.78, 5) is 11.0. The summed E-state index contributed by atoms with van der Waals surface area (Å²) in [5, 5.41) is 11.3. The Labute approximate surface area is 108 Å². The molecule has 0 aliphatic heterocycles. The van der Waals surface area contributed by atoms with E-state index in [2.05, 4.69) is 32.1 Å². The number of rotatable bonds is 1. The highest BCUT2D eigenvalue weighted by molar-refractivity contribution is 6.30. The quantitative estimate of drug-likeness (QED) is 0.563. The van der Waals surface area contributed by atoms with Gasteiger partial charge >= 0.3 is 5.97 Å². The fourth-order valence-corrected chi connectivity index (χ4v) is 1.42. The van der Waals surface area contributed by atoms with E-state index in [0.717, 1.165) is 0 Å². The van der Waals surface area contributed by atoms with Gasteiger partial charge in [-0.05, 0) is 28.6 Å². The second-order valence-corrected chi connectivity index (χ2v) is 3.59. The number of tetrazole rings is 1. The molecule has 0 N–H and O–H groups in total. The number of nitrogens with zero attached hydrogens (tertiary/aromatic N) is 4. The van der Waals surface area contributed by atoms with Gasteiger partial charge in [-0.2, -0.15) is 4.68 Å². The van der Waals surface area contributed by atoms with Crippen LogP contribution in [0.15, 0.2) is 24.5 Å². The lowest BCUT2D eigenvalue weighted by molar-refractivity contribution is -0.133. The molecular weight excluding hydrogens is 256 g/mol. The molecule has 2 rings (SSSR count). The molecule has 0 unspecified atom stereocenters. The van der Waals surface area contributed by atoms with E-state index in [-0.39, 0.29) is 0 Å². The molecule has 0 amide bonds. The zero-order chi connectivity index (χ0) is 13.0. The highest BCUT2D eigenvalue weighted by atomic mass is 35.5. The SMILES string of the molecule is COC(=O)C#Cc1cc(Cl)ccc1-n1cnnn1. The largest absolute Gasteiger partial charge is 0.459 e. The number of carbonyl (C=O) groups excluding carboxylic acids is 1. The molecule has 6 nitrogen and oxygen atoms in total. The van der Waals surface area contributed by atoms with E-state index in [4.69, 9.17) is 11.6 Å². The summed E-state index contributed by atoms with van der Waals surface area (Å²) in [5.74, 6) is 4.37. The first kappa shape index (κ1) is 12.1. The first-order valence-corrected chi connectivity index (χ1v) is 5.21. The van der Waals surface area contributed by atoms with Crippen molar-refractivity contribution in [3.63, 3.8) is 0 Å². The van der Waals surface area contributed by atoms with Crippen LogP contribution in [0.1, 0.15) is 5.56 Å². The van der Waals surface area contributed by atoms with E-state index < -0.39 is 5.97 Å². The molecular formula is C11H7ClN4O2. The topological polar surface area (TPSA) is 69.9 Å². The molecule has 2 aromatic rings. The summed E-state index contributed by atoms with van der Waals surface area (Å²) in [6.45, 7) is 0. The van der Waals surface area contributed by atoms with Gasteiger partial charge in [-0.25, -0.2) is 4.79 Å². The molecule has 0 aliphatic rings. The fourth-order valence-electron chi connectivity index (χ4n) is 1.25. The van der Waals surface area contributed by atoms with Crippen molar-refractivity contribution in [1.29, 1.82) is 0 Å². The van der Waals surface area contributed by atoms with Gasteiger partial charge in [0.05, 0.1) is 18.4 Å². The molecule has 0 fully saturated rings. The maximum atomic E-state index is 11.0. The second kappa shape index (κ2) is 5.29. The number of methoxy groups -OCH3 is 1. The highest BCUT2D eigenvalue weighted by Gasteiger charge is 2.05. The Morgan fingerprint density at radius 3 is 3.00 bits per heavy atom. The fraction of sp³-hybridized carbons (Fsp3) is 0.0909. The third-order valence-corrected chi connectivity index (χ3v) is 2.27. The van der Waals surface area contributed by atoms with Crippen LogP contribution in [0.3, 0.4) is 0 Å². The van der Waals surface area contributed by atoms with Gasteiger partial charge in [-0.3, -0.25) is 0 Å². The van der Waals surface area contributed by atoms with Crippen LogP contribution in [0.25, 0.3) is 5.69 Å². The van der Waals surface area contributed by atoms with Crippen LogP contribution < -0.4 is 0 Å². The number of aromatic nitrogens is 4. The first-order valence-electron chi connectivity index (χ1n) is 4.83. The number of esters is 1. The Kier molecular flexibility index (Phi) is 3.55. The molecule has 7 heteroatoms. The first-order chi connectivity index (χ1) is 8.70. The van der Waals surface area contributed by atoms with Crippen molar-refractivity contribution in [2.45, 2.75) is 0 Å². The van der Waals surface area contributed by atoms with Gasteiger partial charge in [0.1, 0.15) is 6.33 Å². The predicted octanol–water partition coefficient (Wildman–Crippen LogP) is 0.840. The normalized spacial score (nSPS) is 9.44. The average molecular weight is 263 g/mol. The number of hydrogen-bond acceptors (Lipinski definition) is 5. The molecule has 0 saturated carbocycles. The molecule has 18 heavy (non-hydrogen) atoms. The molecule has 0 atom stereocenters. The number of hydrogen-bond donors (Lipinski definition) is 0.